The van der Waals surface area contributed by atoms with Crippen LogP contribution in [-0.2, 0) is 4.79 Å². The number of hydrogen-bond donors (Lipinski definition) is 1. The lowest BCUT2D eigenvalue weighted by Gasteiger charge is -2.41. The van der Waals surface area contributed by atoms with Crippen LogP contribution in [0.1, 0.15) is 44.9 Å². The minimum Gasteiger partial charge on any atom is -0.393 e. The Morgan fingerprint density at radius 2 is 1.77 bits per heavy atom. The maximum Gasteiger partial charge on any atom is 0.230 e. The maximum atomic E-state index is 13.5. The fourth-order valence-corrected chi connectivity index (χ4v) is 5.56. The number of carbonyl (C=O) groups is 1. The lowest BCUT2D eigenvalue weighted by atomic mass is 9.78. The number of aliphatic hydroxyl groups is 1. The topological polar surface area (TPSA) is 69.6 Å². The molecule has 0 bridgehead atoms. The van der Waals surface area contributed by atoms with Gasteiger partial charge in [0.25, 0.3) is 0 Å². The molecule has 3 aliphatic rings. The molecular weight excluding hydrogens is 376 g/mol. The summed E-state index contributed by atoms with van der Waals surface area (Å²) in [6.45, 7) is 2.58. The summed E-state index contributed by atoms with van der Waals surface area (Å²) >= 11 is 0. The molecule has 2 aromatic heterocycles. The average molecular weight is 407 g/mol. The highest BCUT2D eigenvalue weighted by Gasteiger charge is 2.50. The predicted molar refractivity (Wildman–Crippen MR) is 116 cm³/mol. The van der Waals surface area contributed by atoms with Crippen molar-refractivity contribution in [2.24, 2.45) is 5.41 Å². The molecule has 1 atom stereocenters. The summed E-state index contributed by atoms with van der Waals surface area (Å²) in [6, 6.07) is 8.47. The zero-order chi connectivity index (χ0) is 20.6. The molecule has 2 aromatic rings. The van der Waals surface area contributed by atoms with E-state index >= 15 is 0 Å². The van der Waals surface area contributed by atoms with Gasteiger partial charge in [-0.3, -0.25) is 9.78 Å². The number of aliphatic hydroxyl groups excluding tert-OH is 1. The number of carbonyl (C=O) groups excluding carboxylic acids is 1. The van der Waals surface area contributed by atoms with Gasteiger partial charge >= 0.3 is 0 Å². The van der Waals surface area contributed by atoms with Crippen molar-refractivity contribution in [3.8, 4) is 11.1 Å². The van der Waals surface area contributed by atoms with Gasteiger partial charge in [-0.2, -0.15) is 0 Å². The summed E-state index contributed by atoms with van der Waals surface area (Å²) < 4.78 is 0. The van der Waals surface area contributed by atoms with Crippen LogP contribution in [0.2, 0.25) is 0 Å². The summed E-state index contributed by atoms with van der Waals surface area (Å²) in [5, 5.41) is 9.81. The molecule has 6 heteroatoms. The zero-order valence-corrected chi connectivity index (χ0v) is 17.4. The van der Waals surface area contributed by atoms with Crippen molar-refractivity contribution in [2.75, 3.05) is 24.5 Å². The number of amides is 1. The third kappa shape index (κ3) is 3.58. The number of nitrogens with zero attached hydrogens (tertiary/aromatic N) is 4. The Morgan fingerprint density at radius 1 is 0.967 bits per heavy atom. The number of hydrogen-bond acceptors (Lipinski definition) is 5. The van der Waals surface area contributed by atoms with E-state index in [4.69, 9.17) is 4.98 Å². The van der Waals surface area contributed by atoms with Gasteiger partial charge in [-0.1, -0.05) is 0 Å². The Hall–Kier alpha value is -2.47. The molecule has 1 N–H and O–H groups in total. The van der Waals surface area contributed by atoms with Gasteiger partial charge in [0, 0.05) is 49.8 Å². The van der Waals surface area contributed by atoms with Crippen LogP contribution in [0.3, 0.4) is 0 Å². The Labute approximate surface area is 177 Å². The minimum atomic E-state index is -0.264. The zero-order valence-electron chi connectivity index (χ0n) is 17.4. The van der Waals surface area contributed by atoms with Gasteiger partial charge in [0.2, 0.25) is 5.91 Å². The monoisotopic (exact) mass is 406 g/mol. The molecule has 0 radical (unpaired) electrons. The molecule has 0 aromatic carbocycles. The lowest BCUT2D eigenvalue weighted by Crippen LogP contribution is -2.50. The van der Waals surface area contributed by atoms with E-state index in [0.29, 0.717) is 11.9 Å². The van der Waals surface area contributed by atoms with E-state index in [0.717, 1.165) is 81.5 Å². The Bertz CT molecular complexity index is 880. The Kier molecular flexibility index (Phi) is 5.19. The van der Waals surface area contributed by atoms with E-state index in [-0.39, 0.29) is 11.5 Å². The molecular formula is C24H30N4O2. The molecule has 1 aliphatic carbocycles. The molecule has 1 unspecified atom stereocenters. The van der Waals surface area contributed by atoms with Crippen molar-refractivity contribution in [2.45, 2.75) is 57.1 Å². The molecule has 5 rings (SSSR count). The summed E-state index contributed by atoms with van der Waals surface area (Å²) in [7, 11) is 0. The van der Waals surface area contributed by atoms with Crippen LogP contribution in [-0.4, -0.2) is 57.7 Å². The van der Waals surface area contributed by atoms with Gasteiger partial charge in [-0.15, -0.1) is 0 Å². The standard InChI is InChI=1S/C24H30N4O2/c29-21-5-3-20(4-6-21)28-15-11-24(23(28)30)10-1-14-27(17-24)22-7-2-19(16-26-22)18-8-12-25-13-9-18/h2,7-9,12-13,16,20-21,29H,1,3-6,10-11,14-15,17H2. The van der Waals surface area contributed by atoms with Gasteiger partial charge in [0.05, 0.1) is 11.5 Å². The van der Waals surface area contributed by atoms with Crippen LogP contribution in [0, 0.1) is 5.41 Å². The molecule has 3 fully saturated rings. The molecule has 2 saturated heterocycles. The van der Waals surface area contributed by atoms with Crippen molar-refractivity contribution >= 4 is 11.7 Å². The van der Waals surface area contributed by atoms with Crippen molar-refractivity contribution in [3.05, 3.63) is 42.9 Å². The fourth-order valence-electron chi connectivity index (χ4n) is 5.56. The summed E-state index contributed by atoms with van der Waals surface area (Å²) in [5.74, 6) is 1.29. The number of piperidine rings is 1. The molecule has 30 heavy (non-hydrogen) atoms. The second-order valence-electron chi connectivity index (χ2n) is 9.16. The van der Waals surface area contributed by atoms with Gasteiger partial charge in [0.1, 0.15) is 5.82 Å². The normalized spacial score (nSPS) is 29.6. The molecule has 6 nitrogen and oxygen atoms in total. The van der Waals surface area contributed by atoms with E-state index in [1.807, 2.05) is 18.3 Å². The molecule has 1 spiro atoms. The highest BCUT2D eigenvalue weighted by molar-refractivity contribution is 5.86. The summed E-state index contributed by atoms with van der Waals surface area (Å²) in [6.07, 6.45) is 11.8. The number of anilines is 1. The van der Waals surface area contributed by atoms with Crippen LogP contribution >= 0.6 is 0 Å². The van der Waals surface area contributed by atoms with E-state index < -0.39 is 0 Å². The SMILES string of the molecule is O=C1N(C2CCC(O)CC2)CCC12CCCN(c1ccc(-c3ccncc3)cn1)C2. The second kappa shape index (κ2) is 7.99. The molecule has 4 heterocycles. The number of pyridine rings is 2. The van der Waals surface area contributed by atoms with Crippen LogP contribution < -0.4 is 4.90 Å². The largest absolute Gasteiger partial charge is 0.393 e. The van der Waals surface area contributed by atoms with Crippen molar-refractivity contribution < 1.29 is 9.90 Å². The number of likely N-dealkylation sites (tertiary alicyclic amines) is 1. The van der Waals surface area contributed by atoms with Crippen LogP contribution in [0.4, 0.5) is 5.82 Å². The van der Waals surface area contributed by atoms with Crippen LogP contribution in [0.5, 0.6) is 0 Å². The third-order valence-corrected chi connectivity index (χ3v) is 7.32. The maximum absolute atomic E-state index is 13.5. The molecule has 2 aliphatic heterocycles. The highest BCUT2D eigenvalue weighted by atomic mass is 16.3. The second-order valence-corrected chi connectivity index (χ2v) is 9.16. The minimum absolute atomic E-state index is 0.181. The first-order valence-corrected chi connectivity index (χ1v) is 11.3. The van der Waals surface area contributed by atoms with Crippen LogP contribution in [0.25, 0.3) is 11.1 Å². The van der Waals surface area contributed by atoms with E-state index in [2.05, 4.69) is 26.9 Å². The quantitative estimate of drug-likeness (QED) is 0.847. The van der Waals surface area contributed by atoms with E-state index in [1.165, 1.54) is 0 Å². The van der Waals surface area contributed by atoms with Gasteiger partial charge < -0.3 is 14.9 Å². The van der Waals surface area contributed by atoms with Gasteiger partial charge in [-0.05, 0) is 74.8 Å². The first-order chi connectivity index (χ1) is 14.6. The van der Waals surface area contributed by atoms with Gasteiger partial charge in [-0.25, -0.2) is 4.98 Å². The van der Waals surface area contributed by atoms with Crippen molar-refractivity contribution in [1.29, 1.82) is 0 Å². The summed E-state index contributed by atoms with van der Waals surface area (Å²) in [4.78, 5) is 26.7. The smallest absolute Gasteiger partial charge is 0.230 e. The average Bonchev–Trinajstić information content (AvgIpc) is 3.10. The van der Waals surface area contributed by atoms with E-state index in [9.17, 15) is 9.90 Å². The number of aromatic nitrogens is 2. The lowest BCUT2D eigenvalue weighted by molar-refractivity contribution is -0.139. The van der Waals surface area contributed by atoms with Crippen molar-refractivity contribution in [3.63, 3.8) is 0 Å². The first-order valence-electron chi connectivity index (χ1n) is 11.3. The van der Waals surface area contributed by atoms with Gasteiger partial charge in [0.15, 0.2) is 0 Å². The van der Waals surface area contributed by atoms with E-state index in [1.54, 1.807) is 12.4 Å². The van der Waals surface area contributed by atoms with Crippen molar-refractivity contribution in [1.82, 2.24) is 14.9 Å². The van der Waals surface area contributed by atoms with Crippen LogP contribution in [0.15, 0.2) is 42.9 Å². The molecule has 1 amide bonds. The first kappa shape index (κ1) is 19.5. The Morgan fingerprint density at radius 3 is 2.50 bits per heavy atom. The fraction of sp³-hybridized carbons (Fsp3) is 0.542. The Balaban J connectivity index is 1.29. The predicted octanol–water partition coefficient (Wildman–Crippen LogP) is 3.27. The molecule has 1 saturated carbocycles. The number of rotatable bonds is 3. The molecule has 158 valence electrons. The summed E-state index contributed by atoms with van der Waals surface area (Å²) in [5.41, 5.74) is 1.92. The highest BCUT2D eigenvalue weighted by Crippen LogP contribution is 2.43. The third-order valence-electron chi connectivity index (χ3n) is 7.32.